The van der Waals surface area contributed by atoms with E-state index in [9.17, 15) is 9.59 Å². The first-order valence-corrected chi connectivity index (χ1v) is 12.9. The molecule has 0 bridgehead atoms. The lowest BCUT2D eigenvalue weighted by Gasteiger charge is -2.18. The van der Waals surface area contributed by atoms with Gasteiger partial charge < -0.3 is 9.47 Å². The third kappa shape index (κ3) is 5.40. The van der Waals surface area contributed by atoms with E-state index in [0.29, 0.717) is 29.4 Å². The number of thiophene rings is 1. The smallest absolute Gasteiger partial charge is 0.263 e. The molecule has 2 heterocycles. The van der Waals surface area contributed by atoms with Gasteiger partial charge in [-0.25, -0.2) is 10.4 Å². The highest BCUT2D eigenvalue weighted by atomic mass is 32.1. The van der Waals surface area contributed by atoms with Crippen LogP contribution in [-0.2, 0) is 17.6 Å². The summed E-state index contributed by atoms with van der Waals surface area (Å²) in [6.07, 6.45) is 7.95. The van der Waals surface area contributed by atoms with Crippen LogP contribution in [0.15, 0.2) is 34.4 Å². The molecule has 3 aromatic rings. The van der Waals surface area contributed by atoms with Gasteiger partial charge in [-0.3, -0.25) is 14.2 Å². The fourth-order valence-electron chi connectivity index (χ4n) is 4.22. The number of carbonyl (C=O) groups excluding carboxylic acids is 1. The van der Waals surface area contributed by atoms with E-state index in [0.717, 1.165) is 48.1 Å². The maximum atomic E-state index is 13.3. The monoisotopic (exact) mass is 496 g/mol. The predicted octanol–water partition coefficient (Wildman–Crippen LogP) is 4.48. The number of nitrogens with one attached hydrogen (secondary N) is 1. The number of methoxy groups -OCH3 is 1. The lowest BCUT2D eigenvalue weighted by atomic mass is 9.89. The number of aromatic nitrogens is 2. The van der Waals surface area contributed by atoms with Gasteiger partial charge in [-0.15, -0.1) is 11.3 Å². The van der Waals surface area contributed by atoms with Gasteiger partial charge in [0.15, 0.2) is 11.5 Å². The molecule has 4 rings (SSSR count). The number of aryl methyl sites for hydroxylation is 1. The lowest BCUT2D eigenvalue weighted by Crippen LogP contribution is -2.34. The fourth-order valence-corrected chi connectivity index (χ4v) is 5.56. The summed E-state index contributed by atoms with van der Waals surface area (Å²) >= 11 is 1.60. The summed E-state index contributed by atoms with van der Waals surface area (Å²) in [5.74, 6) is 1.49. The molecule has 186 valence electrons. The van der Waals surface area contributed by atoms with Crippen LogP contribution in [0.5, 0.6) is 11.5 Å². The Labute approximate surface area is 209 Å². The molecule has 2 aromatic heterocycles. The molecule has 0 saturated carbocycles. The van der Waals surface area contributed by atoms with E-state index in [4.69, 9.17) is 9.47 Å². The summed E-state index contributed by atoms with van der Waals surface area (Å²) in [6, 6.07) is 4.71. The zero-order chi connectivity index (χ0) is 24.9. The lowest BCUT2D eigenvalue weighted by molar-refractivity contribution is -0.123. The molecule has 35 heavy (non-hydrogen) atoms. The Kier molecular flexibility index (Phi) is 7.85. The molecule has 0 aliphatic heterocycles. The number of amides is 1. The average Bonchev–Trinajstić information content (AvgIpc) is 3.22. The molecule has 0 spiro atoms. The van der Waals surface area contributed by atoms with Crippen molar-refractivity contribution < 1.29 is 14.3 Å². The van der Waals surface area contributed by atoms with Gasteiger partial charge >= 0.3 is 0 Å². The van der Waals surface area contributed by atoms with Crippen molar-refractivity contribution in [2.45, 2.75) is 58.9 Å². The second kappa shape index (κ2) is 11.0. The van der Waals surface area contributed by atoms with Crippen molar-refractivity contribution in [2.24, 2.45) is 11.0 Å². The molecule has 1 N–H and O–H groups in total. The first-order chi connectivity index (χ1) is 16.9. The van der Waals surface area contributed by atoms with Gasteiger partial charge in [0.25, 0.3) is 11.5 Å². The van der Waals surface area contributed by atoms with Crippen LogP contribution in [0.25, 0.3) is 10.2 Å². The Hall–Kier alpha value is -3.20. The molecule has 1 aliphatic rings. The van der Waals surface area contributed by atoms with Gasteiger partial charge in [0.1, 0.15) is 10.9 Å². The van der Waals surface area contributed by atoms with Gasteiger partial charge in [0.05, 0.1) is 31.6 Å². The topological polar surface area (TPSA) is 94.8 Å². The quantitative estimate of drug-likeness (QED) is 0.268. The van der Waals surface area contributed by atoms with Crippen LogP contribution in [0, 0.1) is 5.92 Å². The van der Waals surface area contributed by atoms with E-state index in [1.165, 1.54) is 22.0 Å². The number of carbonyl (C=O) groups is 1. The summed E-state index contributed by atoms with van der Waals surface area (Å²) in [5, 5.41) is 4.74. The van der Waals surface area contributed by atoms with Gasteiger partial charge in [-0.05, 0) is 67.9 Å². The molecular formula is C26H32N4O4S. The van der Waals surface area contributed by atoms with Crippen molar-refractivity contribution in [3.05, 3.63) is 50.9 Å². The Balaban J connectivity index is 1.46. The second-order valence-corrected chi connectivity index (χ2v) is 10.1. The highest BCUT2D eigenvalue weighted by Gasteiger charge is 2.25. The summed E-state index contributed by atoms with van der Waals surface area (Å²) in [7, 11) is 1.58. The number of ether oxygens (including phenoxy) is 2. The summed E-state index contributed by atoms with van der Waals surface area (Å²) in [4.78, 5) is 32.5. The van der Waals surface area contributed by atoms with Gasteiger partial charge in [-0.1, -0.05) is 20.3 Å². The Morgan fingerprint density at radius 2 is 2.23 bits per heavy atom. The van der Waals surface area contributed by atoms with Crippen LogP contribution < -0.4 is 20.5 Å². The predicted molar refractivity (Wildman–Crippen MR) is 139 cm³/mol. The molecule has 8 nitrogen and oxygen atoms in total. The molecule has 1 aliphatic carbocycles. The first-order valence-electron chi connectivity index (χ1n) is 12.1. The number of hydrogen-bond acceptors (Lipinski definition) is 7. The molecule has 0 fully saturated rings. The van der Waals surface area contributed by atoms with Gasteiger partial charge in [-0.2, -0.15) is 5.10 Å². The SMILES string of the molecule is CCCCOc1ccc(C=NNC(=O)[C@@H](C)n2cnc3sc4c(c3c2=O)CC[C@@H](C)C4)cc1OC. The van der Waals surface area contributed by atoms with Gasteiger partial charge in [0, 0.05) is 4.88 Å². The minimum Gasteiger partial charge on any atom is -0.493 e. The Morgan fingerprint density at radius 3 is 3.00 bits per heavy atom. The maximum Gasteiger partial charge on any atom is 0.263 e. The number of hydrazone groups is 1. The largest absolute Gasteiger partial charge is 0.493 e. The van der Waals surface area contributed by atoms with Crippen molar-refractivity contribution in [1.82, 2.24) is 15.0 Å². The number of rotatable bonds is 9. The minimum atomic E-state index is -0.751. The zero-order valence-corrected chi connectivity index (χ0v) is 21.5. The van der Waals surface area contributed by atoms with E-state index in [2.05, 4.69) is 29.4 Å². The van der Waals surface area contributed by atoms with Crippen molar-refractivity contribution >= 4 is 33.7 Å². The number of benzene rings is 1. The van der Waals surface area contributed by atoms with Crippen molar-refractivity contribution in [2.75, 3.05) is 13.7 Å². The molecule has 0 unspecified atom stereocenters. The average molecular weight is 497 g/mol. The summed E-state index contributed by atoms with van der Waals surface area (Å²) < 4.78 is 12.5. The summed E-state index contributed by atoms with van der Waals surface area (Å²) in [6.45, 7) is 6.64. The zero-order valence-electron chi connectivity index (χ0n) is 20.7. The van der Waals surface area contributed by atoms with Crippen LogP contribution in [0.3, 0.4) is 0 Å². The molecule has 9 heteroatoms. The maximum absolute atomic E-state index is 13.3. The molecule has 0 saturated heterocycles. The molecule has 1 amide bonds. The van der Waals surface area contributed by atoms with Crippen LogP contribution in [0.2, 0.25) is 0 Å². The van der Waals surface area contributed by atoms with Crippen LogP contribution >= 0.6 is 11.3 Å². The van der Waals surface area contributed by atoms with E-state index in [1.54, 1.807) is 31.4 Å². The Morgan fingerprint density at radius 1 is 1.40 bits per heavy atom. The Bertz CT molecular complexity index is 1300. The minimum absolute atomic E-state index is 0.169. The highest BCUT2D eigenvalue weighted by molar-refractivity contribution is 7.18. The van der Waals surface area contributed by atoms with E-state index < -0.39 is 11.9 Å². The van der Waals surface area contributed by atoms with Crippen molar-refractivity contribution in [3.8, 4) is 11.5 Å². The van der Waals surface area contributed by atoms with Crippen LogP contribution in [-0.4, -0.2) is 35.4 Å². The standard InChI is InChI=1S/C26H32N4O4S/c1-5-6-11-34-20-10-8-18(13-21(20)33-4)14-28-29-24(31)17(3)30-15-27-25-23(26(30)32)19-9-7-16(2)12-22(19)35-25/h8,10,13-17H,5-7,9,11-12H2,1-4H3,(H,29,31)/t16-,17-/m1/s1. The van der Waals surface area contributed by atoms with E-state index in [1.807, 2.05) is 12.1 Å². The van der Waals surface area contributed by atoms with E-state index in [-0.39, 0.29) is 5.56 Å². The molecule has 1 aromatic carbocycles. The first kappa shape index (κ1) is 24.9. The number of hydrogen-bond donors (Lipinski definition) is 1. The third-order valence-corrected chi connectivity index (χ3v) is 7.53. The number of unbranched alkanes of at least 4 members (excludes halogenated alkanes) is 1. The van der Waals surface area contributed by atoms with E-state index >= 15 is 0 Å². The van der Waals surface area contributed by atoms with Crippen molar-refractivity contribution in [3.63, 3.8) is 0 Å². The van der Waals surface area contributed by atoms with Gasteiger partial charge in [0.2, 0.25) is 0 Å². The molecule has 0 radical (unpaired) electrons. The van der Waals surface area contributed by atoms with Crippen LogP contribution in [0.4, 0.5) is 0 Å². The summed E-state index contributed by atoms with van der Waals surface area (Å²) in [5.41, 5.74) is 4.22. The molecule has 2 atom stereocenters. The van der Waals surface area contributed by atoms with Crippen LogP contribution in [0.1, 0.15) is 62.1 Å². The normalized spacial score (nSPS) is 16.3. The third-order valence-electron chi connectivity index (χ3n) is 6.37. The van der Waals surface area contributed by atoms with Crippen molar-refractivity contribution in [1.29, 1.82) is 0 Å². The number of nitrogens with zero attached hydrogens (tertiary/aromatic N) is 3. The molecular weight excluding hydrogens is 464 g/mol. The highest BCUT2D eigenvalue weighted by Crippen LogP contribution is 2.35. The number of fused-ring (bicyclic) bond motifs is 3. The fraction of sp³-hybridized carbons (Fsp3) is 0.462. The second-order valence-electron chi connectivity index (χ2n) is 9.01.